The maximum atomic E-state index is 13.6. The van der Waals surface area contributed by atoms with E-state index in [9.17, 15) is 9.18 Å². The van der Waals surface area contributed by atoms with Gasteiger partial charge in [0.25, 0.3) is 0 Å². The van der Waals surface area contributed by atoms with Gasteiger partial charge in [0, 0.05) is 24.6 Å². The van der Waals surface area contributed by atoms with Crippen molar-refractivity contribution in [2.75, 3.05) is 13.3 Å². The van der Waals surface area contributed by atoms with Crippen LogP contribution >= 0.6 is 0 Å². The number of nitrogens with zero attached hydrogens (tertiary/aromatic N) is 2. The first-order chi connectivity index (χ1) is 14.5. The number of hydrogen-bond donors (Lipinski definition) is 1. The molecule has 0 saturated heterocycles. The highest BCUT2D eigenvalue weighted by molar-refractivity contribution is 6.01. The molecule has 0 bridgehead atoms. The molecule has 1 N–H and O–H groups in total. The number of carbonyl (C=O) groups excluding carboxylic acids is 1. The zero-order chi connectivity index (χ0) is 21.1. The summed E-state index contributed by atoms with van der Waals surface area (Å²) in [4.78, 5) is 19.9. The smallest absolute Gasteiger partial charge is 0.318 e. The number of urea groups is 1. The summed E-state index contributed by atoms with van der Waals surface area (Å²) >= 11 is 0. The lowest BCUT2D eigenvalue weighted by molar-refractivity contribution is 0.0586. The predicted molar refractivity (Wildman–Crippen MR) is 109 cm³/mol. The Balaban J connectivity index is 1.43. The largest absolute Gasteiger partial charge is 0.454 e. The van der Waals surface area contributed by atoms with Crippen molar-refractivity contribution in [2.24, 2.45) is 5.16 Å². The Hall–Kier alpha value is -3.29. The Morgan fingerprint density at radius 2 is 2.07 bits per heavy atom. The van der Waals surface area contributed by atoms with Crippen molar-refractivity contribution in [3.63, 3.8) is 0 Å². The van der Waals surface area contributed by atoms with Gasteiger partial charge >= 0.3 is 6.03 Å². The van der Waals surface area contributed by atoms with Crippen LogP contribution in [0.2, 0.25) is 0 Å². The molecule has 7 nitrogen and oxygen atoms in total. The number of fused-ring (bicyclic) bond motifs is 1. The van der Waals surface area contributed by atoms with E-state index >= 15 is 0 Å². The van der Waals surface area contributed by atoms with E-state index in [1.54, 1.807) is 17.0 Å². The minimum atomic E-state index is -0.331. The number of oxime groups is 1. The average molecular weight is 413 g/mol. The van der Waals surface area contributed by atoms with Crippen molar-refractivity contribution in [2.45, 2.75) is 39.0 Å². The van der Waals surface area contributed by atoms with Crippen LogP contribution in [0.1, 0.15) is 31.4 Å². The second kappa shape index (κ2) is 8.61. The minimum absolute atomic E-state index is 0.0163. The van der Waals surface area contributed by atoms with Crippen LogP contribution in [0.15, 0.2) is 47.6 Å². The van der Waals surface area contributed by atoms with Crippen molar-refractivity contribution < 1.29 is 23.5 Å². The summed E-state index contributed by atoms with van der Waals surface area (Å²) in [5.74, 6) is 1.06. The Bertz CT molecular complexity index is 963. The molecule has 0 aromatic heterocycles. The number of benzene rings is 2. The van der Waals surface area contributed by atoms with Crippen LogP contribution in [0.4, 0.5) is 9.18 Å². The summed E-state index contributed by atoms with van der Waals surface area (Å²) in [5, 5.41) is 7.10. The highest BCUT2D eigenvalue weighted by Crippen LogP contribution is 2.33. The molecule has 2 amide bonds. The maximum absolute atomic E-state index is 13.6. The van der Waals surface area contributed by atoms with E-state index in [1.807, 2.05) is 32.0 Å². The van der Waals surface area contributed by atoms with Gasteiger partial charge in [-0.15, -0.1) is 0 Å². The zero-order valence-corrected chi connectivity index (χ0v) is 16.9. The number of halogens is 1. The lowest BCUT2D eigenvalue weighted by atomic mass is 10.0. The molecule has 2 aliphatic rings. The van der Waals surface area contributed by atoms with Gasteiger partial charge in [0.1, 0.15) is 5.82 Å². The van der Waals surface area contributed by atoms with Crippen LogP contribution in [-0.4, -0.2) is 42.1 Å². The van der Waals surface area contributed by atoms with Gasteiger partial charge in [0.05, 0.1) is 12.3 Å². The lowest BCUT2D eigenvalue weighted by Crippen LogP contribution is -2.45. The van der Waals surface area contributed by atoms with Crippen LogP contribution in [0, 0.1) is 5.82 Å². The van der Waals surface area contributed by atoms with Gasteiger partial charge in [-0.25, -0.2) is 9.18 Å². The molecule has 30 heavy (non-hydrogen) atoms. The molecule has 0 saturated carbocycles. The van der Waals surface area contributed by atoms with Crippen molar-refractivity contribution >= 4 is 11.7 Å². The van der Waals surface area contributed by atoms with E-state index in [0.717, 1.165) is 11.3 Å². The zero-order valence-electron chi connectivity index (χ0n) is 16.9. The number of ether oxygens (including phenoxy) is 2. The first-order valence-corrected chi connectivity index (χ1v) is 9.90. The van der Waals surface area contributed by atoms with Crippen molar-refractivity contribution in [1.82, 2.24) is 10.2 Å². The van der Waals surface area contributed by atoms with E-state index in [0.29, 0.717) is 30.0 Å². The molecule has 8 heteroatoms. The molecule has 158 valence electrons. The third-order valence-corrected chi connectivity index (χ3v) is 4.82. The SMILES string of the molecule is CC(C)NC(=O)N(Cc1cccc(F)c1)C[C@H]1CC(c2ccc3c(c2)OCO3)=NO1. The summed E-state index contributed by atoms with van der Waals surface area (Å²) in [6.07, 6.45) is 0.255. The number of carbonyl (C=O) groups is 1. The number of rotatable bonds is 6. The van der Waals surface area contributed by atoms with Crippen LogP contribution in [0.25, 0.3) is 0 Å². The highest BCUT2D eigenvalue weighted by Gasteiger charge is 2.28. The predicted octanol–water partition coefficient (Wildman–Crippen LogP) is 3.67. The maximum Gasteiger partial charge on any atom is 0.318 e. The molecule has 0 unspecified atom stereocenters. The quantitative estimate of drug-likeness (QED) is 0.784. The fourth-order valence-electron chi connectivity index (χ4n) is 3.43. The summed E-state index contributed by atoms with van der Waals surface area (Å²) in [5.41, 5.74) is 2.39. The Kier molecular flexibility index (Phi) is 5.74. The molecule has 0 fully saturated rings. The summed E-state index contributed by atoms with van der Waals surface area (Å²) in [7, 11) is 0. The molecule has 0 aliphatic carbocycles. The molecule has 0 spiro atoms. The summed E-state index contributed by atoms with van der Waals surface area (Å²) in [6, 6.07) is 11.6. The molecular weight excluding hydrogens is 389 g/mol. The molecule has 2 aliphatic heterocycles. The van der Waals surface area contributed by atoms with Crippen LogP contribution < -0.4 is 14.8 Å². The third kappa shape index (κ3) is 4.64. The second-order valence-corrected chi connectivity index (χ2v) is 7.65. The van der Waals surface area contributed by atoms with Crippen LogP contribution in [0.5, 0.6) is 11.5 Å². The topological polar surface area (TPSA) is 72.4 Å². The van der Waals surface area contributed by atoms with Gasteiger partial charge in [-0.05, 0) is 49.7 Å². The average Bonchev–Trinajstić information content (AvgIpc) is 3.35. The normalized spacial score (nSPS) is 16.9. The molecule has 4 rings (SSSR count). The summed E-state index contributed by atoms with van der Waals surface area (Å²) in [6.45, 7) is 4.60. The van der Waals surface area contributed by atoms with E-state index in [2.05, 4.69) is 10.5 Å². The van der Waals surface area contributed by atoms with Crippen molar-refractivity contribution in [3.05, 3.63) is 59.4 Å². The fraction of sp³-hybridized carbons (Fsp3) is 0.364. The Morgan fingerprint density at radius 1 is 1.23 bits per heavy atom. The highest BCUT2D eigenvalue weighted by atomic mass is 19.1. The van der Waals surface area contributed by atoms with Gasteiger partial charge in [-0.2, -0.15) is 0 Å². The number of amides is 2. The van der Waals surface area contributed by atoms with Gasteiger partial charge in [0.2, 0.25) is 6.79 Å². The Morgan fingerprint density at radius 3 is 2.87 bits per heavy atom. The van der Waals surface area contributed by atoms with Crippen LogP contribution in [0.3, 0.4) is 0 Å². The second-order valence-electron chi connectivity index (χ2n) is 7.65. The fourth-order valence-corrected chi connectivity index (χ4v) is 3.43. The molecule has 2 heterocycles. The molecule has 0 radical (unpaired) electrons. The van der Waals surface area contributed by atoms with E-state index in [1.165, 1.54) is 12.1 Å². The van der Waals surface area contributed by atoms with Gasteiger partial charge in [0.15, 0.2) is 17.6 Å². The monoisotopic (exact) mass is 413 g/mol. The lowest BCUT2D eigenvalue weighted by Gasteiger charge is -2.26. The van der Waals surface area contributed by atoms with Crippen LogP contribution in [-0.2, 0) is 11.4 Å². The number of hydrogen-bond acceptors (Lipinski definition) is 5. The van der Waals surface area contributed by atoms with Crippen molar-refractivity contribution in [3.8, 4) is 11.5 Å². The molecule has 1 atom stereocenters. The standard InChI is InChI=1S/C22H24FN3O4/c1-14(2)24-22(27)26(11-15-4-3-5-17(23)8-15)12-18-10-19(25-30-18)16-6-7-20-21(9-16)29-13-28-20/h3-9,14,18H,10-13H2,1-2H3,(H,24,27)/t18-/m1/s1. The minimum Gasteiger partial charge on any atom is -0.454 e. The summed E-state index contributed by atoms with van der Waals surface area (Å²) < 4.78 is 24.4. The van der Waals surface area contributed by atoms with E-state index in [-0.39, 0.29) is 37.3 Å². The molecule has 2 aromatic carbocycles. The number of nitrogens with one attached hydrogen (secondary N) is 1. The Labute approximate surface area is 174 Å². The van der Waals surface area contributed by atoms with Gasteiger partial charge in [-0.1, -0.05) is 17.3 Å². The van der Waals surface area contributed by atoms with Gasteiger partial charge in [-0.3, -0.25) is 0 Å². The van der Waals surface area contributed by atoms with Crippen molar-refractivity contribution in [1.29, 1.82) is 0 Å². The van der Waals surface area contributed by atoms with Gasteiger partial charge < -0.3 is 24.5 Å². The first kappa shape index (κ1) is 20.0. The van der Waals surface area contributed by atoms with E-state index < -0.39 is 0 Å². The van der Waals surface area contributed by atoms with E-state index in [4.69, 9.17) is 14.3 Å². The third-order valence-electron chi connectivity index (χ3n) is 4.82. The molecular formula is C22H24FN3O4. The molecule has 2 aromatic rings. The first-order valence-electron chi connectivity index (χ1n) is 9.90.